The molecular formula is C13H22BrN5. The number of aromatic nitrogens is 2. The van der Waals surface area contributed by atoms with Crippen molar-refractivity contribution in [3.05, 3.63) is 10.8 Å². The van der Waals surface area contributed by atoms with Crippen LogP contribution in [0.25, 0.3) is 0 Å². The lowest BCUT2D eigenvalue weighted by Gasteiger charge is -2.40. The summed E-state index contributed by atoms with van der Waals surface area (Å²) in [5.74, 6) is 1.87. The molecule has 0 spiro atoms. The Morgan fingerprint density at radius 2 is 2.16 bits per heavy atom. The Morgan fingerprint density at radius 3 is 2.79 bits per heavy atom. The van der Waals surface area contributed by atoms with Gasteiger partial charge in [0.05, 0.1) is 0 Å². The lowest BCUT2D eigenvalue weighted by atomic mass is 10.2. The smallest absolute Gasteiger partial charge is 0.148 e. The second kappa shape index (κ2) is 6.52. The van der Waals surface area contributed by atoms with Gasteiger partial charge in [0.25, 0.3) is 0 Å². The third-order valence-electron chi connectivity index (χ3n) is 3.59. The quantitative estimate of drug-likeness (QED) is 0.918. The minimum Gasteiger partial charge on any atom is -0.369 e. The topological polar surface area (TPSA) is 44.3 Å². The number of piperazine rings is 1. The van der Waals surface area contributed by atoms with E-state index in [1.807, 2.05) is 0 Å². The zero-order chi connectivity index (χ0) is 13.8. The molecule has 0 amide bonds. The van der Waals surface area contributed by atoms with Crippen LogP contribution in [0.2, 0.25) is 0 Å². The van der Waals surface area contributed by atoms with Gasteiger partial charge in [-0.1, -0.05) is 6.92 Å². The fraction of sp³-hybridized carbons (Fsp3) is 0.692. The van der Waals surface area contributed by atoms with E-state index in [0.717, 1.165) is 48.8 Å². The first-order chi connectivity index (χ1) is 9.17. The van der Waals surface area contributed by atoms with Crippen LogP contribution in [-0.4, -0.2) is 53.6 Å². The van der Waals surface area contributed by atoms with Crippen molar-refractivity contribution in [3.8, 4) is 0 Å². The molecule has 2 rings (SSSR count). The molecule has 0 aromatic carbocycles. The summed E-state index contributed by atoms with van der Waals surface area (Å²) in [6.07, 6.45) is 1.63. The first-order valence-electron chi connectivity index (χ1n) is 6.90. The first-order valence-corrected chi connectivity index (χ1v) is 7.70. The second-order valence-corrected chi connectivity index (χ2v) is 5.61. The molecule has 6 heteroatoms. The van der Waals surface area contributed by atoms with Gasteiger partial charge in [-0.15, -0.1) is 0 Å². The molecule has 106 valence electrons. The van der Waals surface area contributed by atoms with Crippen LogP contribution in [0, 0.1) is 0 Å². The van der Waals surface area contributed by atoms with E-state index in [1.165, 1.54) is 0 Å². The lowest BCUT2D eigenvalue weighted by molar-refractivity contribution is 0.199. The van der Waals surface area contributed by atoms with Gasteiger partial charge in [0.1, 0.15) is 22.4 Å². The lowest BCUT2D eigenvalue weighted by Crippen LogP contribution is -2.52. The van der Waals surface area contributed by atoms with Gasteiger partial charge in [-0.05, 0) is 36.3 Å². The van der Waals surface area contributed by atoms with Gasteiger partial charge in [0, 0.05) is 32.2 Å². The standard InChI is InChI=1S/C13H22BrN5/c1-4-15-12-11(14)13(17-9-16-12)19-7-6-18(5-2)10(3)8-19/h9-10H,4-8H2,1-3H3,(H,15,16,17). The highest BCUT2D eigenvalue weighted by Gasteiger charge is 2.25. The maximum atomic E-state index is 4.44. The number of hydrogen-bond donors (Lipinski definition) is 1. The molecule has 0 bridgehead atoms. The van der Waals surface area contributed by atoms with Crippen LogP contribution < -0.4 is 10.2 Å². The number of likely N-dealkylation sites (N-methyl/N-ethyl adjacent to an activating group) is 1. The van der Waals surface area contributed by atoms with Crippen LogP contribution in [0.3, 0.4) is 0 Å². The van der Waals surface area contributed by atoms with E-state index in [9.17, 15) is 0 Å². The molecule has 1 aromatic rings. The van der Waals surface area contributed by atoms with Gasteiger partial charge in [0.15, 0.2) is 0 Å². The summed E-state index contributed by atoms with van der Waals surface area (Å²) in [6.45, 7) is 11.6. The van der Waals surface area contributed by atoms with E-state index in [2.05, 4.69) is 61.8 Å². The average Bonchev–Trinajstić information content (AvgIpc) is 2.41. The highest BCUT2D eigenvalue weighted by molar-refractivity contribution is 9.10. The molecule has 1 aliphatic heterocycles. The highest BCUT2D eigenvalue weighted by Crippen LogP contribution is 2.30. The molecule has 1 unspecified atom stereocenters. The molecule has 1 N–H and O–H groups in total. The number of nitrogens with zero attached hydrogens (tertiary/aromatic N) is 4. The number of hydrogen-bond acceptors (Lipinski definition) is 5. The van der Waals surface area contributed by atoms with Crippen molar-refractivity contribution in [1.29, 1.82) is 0 Å². The van der Waals surface area contributed by atoms with Crippen molar-refractivity contribution >= 4 is 27.6 Å². The van der Waals surface area contributed by atoms with E-state index in [4.69, 9.17) is 0 Å². The maximum absolute atomic E-state index is 4.44. The highest BCUT2D eigenvalue weighted by atomic mass is 79.9. The Morgan fingerprint density at radius 1 is 1.37 bits per heavy atom. The summed E-state index contributed by atoms with van der Waals surface area (Å²) in [5.41, 5.74) is 0. The number of halogens is 1. The van der Waals surface area contributed by atoms with Crippen LogP contribution in [0.15, 0.2) is 10.8 Å². The predicted octanol–water partition coefficient (Wildman–Crippen LogP) is 2.20. The normalized spacial score (nSPS) is 20.6. The molecule has 0 radical (unpaired) electrons. The molecule has 1 atom stereocenters. The summed E-state index contributed by atoms with van der Waals surface area (Å²) in [5, 5.41) is 3.25. The minimum absolute atomic E-state index is 0.559. The van der Waals surface area contributed by atoms with Crippen molar-refractivity contribution in [2.24, 2.45) is 0 Å². The first kappa shape index (κ1) is 14.5. The van der Waals surface area contributed by atoms with E-state index < -0.39 is 0 Å². The van der Waals surface area contributed by atoms with Crippen LogP contribution in [0.5, 0.6) is 0 Å². The summed E-state index contributed by atoms with van der Waals surface area (Å²) in [4.78, 5) is 13.5. The Kier molecular flexibility index (Phi) is 4.99. The van der Waals surface area contributed by atoms with E-state index in [0.29, 0.717) is 6.04 Å². The van der Waals surface area contributed by atoms with Crippen molar-refractivity contribution in [3.63, 3.8) is 0 Å². The Bertz CT molecular complexity index is 425. The Balaban J connectivity index is 2.16. The maximum Gasteiger partial charge on any atom is 0.148 e. The molecule has 19 heavy (non-hydrogen) atoms. The fourth-order valence-electron chi connectivity index (χ4n) is 2.53. The SMILES string of the molecule is CCNc1ncnc(N2CCN(CC)C(C)C2)c1Br. The third-order valence-corrected chi connectivity index (χ3v) is 4.32. The number of rotatable bonds is 4. The van der Waals surface area contributed by atoms with Gasteiger partial charge in [-0.25, -0.2) is 9.97 Å². The van der Waals surface area contributed by atoms with Crippen LogP contribution >= 0.6 is 15.9 Å². The summed E-state index contributed by atoms with van der Waals surface area (Å²) in [7, 11) is 0. The van der Waals surface area contributed by atoms with Crippen LogP contribution in [0.1, 0.15) is 20.8 Å². The zero-order valence-corrected chi connectivity index (χ0v) is 13.4. The van der Waals surface area contributed by atoms with Gasteiger partial charge in [-0.2, -0.15) is 0 Å². The van der Waals surface area contributed by atoms with Gasteiger partial charge in [0.2, 0.25) is 0 Å². The molecule has 1 aliphatic rings. The van der Waals surface area contributed by atoms with Crippen molar-refractivity contribution in [2.75, 3.05) is 42.9 Å². The Hall–Kier alpha value is -0.880. The fourth-order valence-corrected chi connectivity index (χ4v) is 3.12. The summed E-state index contributed by atoms with van der Waals surface area (Å²) < 4.78 is 0.967. The van der Waals surface area contributed by atoms with Crippen molar-refractivity contribution in [1.82, 2.24) is 14.9 Å². The molecule has 1 aromatic heterocycles. The van der Waals surface area contributed by atoms with Gasteiger partial charge >= 0.3 is 0 Å². The van der Waals surface area contributed by atoms with E-state index >= 15 is 0 Å². The van der Waals surface area contributed by atoms with E-state index in [1.54, 1.807) is 6.33 Å². The monoisotopic (exact) mass is 327 g/mol. The number of anilines is 2. The summed E-state index contributed by atoms with van der Waals surface area (Å²) >= 11 is 3.63. The van der Waals surface area contributed by atoms with E-state index in [-0.39, 0.29) is 0 Å². The second-order valence-electron chi connectivity index (χ2n) is 4.81. The van der Waals surface area contributed by atoms with Crippen molar-refractivity contribution < 1.29 is 0 Å². The molecule has 5 nitrogen and oxygen atoms in total. The minimum atomic E-state index is 0.559. The largest absolute Gasteiger partial charge is 0.369 e. The third kappa shape index (κ3) is 3.17. The zero-order valence-electron chi connectivity index (χ0n) is 11.9. The summed E-state index contributed by atoms with van der Waals surface area (Å²) in [6, 6.07) is 0.559. The Labute approximate surface area is 123 Å². The van der Waals surface area contributed by atoms with Crippen molar-refractivity contribution in [2.45, 2.75) is 26.8 Å². The predicted molar refractivity (Wildman–Crippen MR) is 82.8 cm³/mol. The molecular weight excluding hydrogens is 306 g/mol. The molecule has 1 fully saturated rings. The van der Waals surface area contributed by atoms with Gasteiger partial charge in [-0.3, -0.25) is 4.90 Å². The molecule has 1 saturated heterocycles. The van der Waals surface area contributed by atoms with Crippen LogP contribution in [-0.2, 0) is 0 Å². The molecule has 0 aliphatic carbocycles. The molecule has 0 saturated carbocycles. The number of nitrogens with one attached hydrogen (secondary N) is 1. The average molecular weight is 328 g/mol. The van der Waals surface area contributed by atoms with Crippen LogP contribution in [0.4, 0.5) is 11.6 Å². The van der Waals surface area contributed by atoms with Gasteiger partial charge < -0.3 is 10.2 Å². The molecule has 2 heterocycles.